The molecule has 2 rings (SSSR count). The van der Waals surface area contributed by atoms with Crippen molar-refractivity contribution in [1.29, 1.82) is 0 Å². The highest BCUT2D eigenvalue weighted by atomic mass is 79.9. The number of rotatable bonds is 2. The van der Waals surface area contributed by atoms with Gasteiger partial charge in [-0.15, -0.1) is 0 Å². The van der Waals surface area contributed by atoms with Gasteiger partial charge in [-0.05, 0) is 15.9 Å². The van der Waals surface area contributed by atoms with Crippen LogP contribution in [-0.4, -0.2) is 9.78 Å². The lowest BCUT2D eigenvalue weighted by atomic mass is 10.1. The standard InChI is InChI=1S/C11H12BrN3/c1-15-11(8-5-3-2-4-6-8)10(12)9(7-13)14-15/h2-6H,7,13H2,1H3. The molecule has 0 atom stereocenters. The third-order valence-electron chi connectivity index (χ3n) is 2.30. The van der Waals surface area contributed by atoms with E-state index in [-0.39, 0.29) is 0 Å². The maximum atomic E-state index is 5.61. The molecule has 0 amide bonds. The first-order valence-electron chi connectivity index (χ1n) is 4.71. The molecule has 2 aromatic rings. The van der Waals surface area contributed by atoms with Crippen LogP contribution in [0.1, 0.15) is 5.69 Å². The summed E-state index contributed by atoms with van der Waals surface area (Å²) in [7, 11) is 1.92. The molecule has 4 heteroatoms. The predicted octanol–water partition coefficient (Wildman–Crippen LogP) is 2.31. The van der Waals surface area contributed by atoms with Crippen molar-refractivity contribution in [2.45, 2.75) is 6.54 Å². The lowest BCUT2D eigenvalue weighted by Gasteiger charge is -2.01. The summed E-state index contributed by atoms with van der Waals surface area (Å²) in [5.41, 5.74) is 8.69. The normalized spacial score (nSPS) is 10.6. The van der Waals surface area contributed by atoms with E-state index in [2.05, 4.69) is 33.2 Å². The summed E-state index contributed by atoms with van der Waals surface area (Å²) in [5.74, 6) is 0. The maximum Gasteiger partial charge on any atom is 0.0908 e. The molecule has 0 unspecified atom stereocenters. The number of nitrogens with two attached hydrogens (primary N) is 1. The quantitative estimate of drug-likeness (QED) is 0.906. The summed E-state index contributed by atoms with van der Waals surface area (Å²) in [5, 5.41) is 4.35. The highest BCUT2D eigenvalue weighted by Crippen LogP contribution is 2.30. The average molecular weight is 266 g/mol. The van der Waals surface area contributed by atoms with Gasteiger partial charge in [-0.1, -0.05) is 30.3 Å². The molecule has 0 aliphatic rings. The van der Waals surface area contributed by atoms with E-state index >= 15 is 0 Å². The summed E-state index contributed by atoms with van der Waals surface area (Å²) < 4.78 is 2.83. The van der Waals surface area contributed by atoms with Crippen LogP contribution in [0.3, 0.4) is 0 Å². The van der Waals surface area contributed by atoms with Crippen LogP contribution in [0.15, 0.2) is 34.8 Å². The molecule has 0 saturated carbocycles. The molecule has 1 aromatic heterocycles. The topological polar surface area (TPSA) is 43.8 Å². The van der Waals surface area contributed by atoms with E-state index in [1.165, 1.54) is 0 Å². The van der Waals surface area contributed by atoms with E-state index in [1.54, 1.807) is 0 Å². The van der Waals surface area contributed by atoms with E-state index in [4.69, 9.17) is 5.73 Å². The summed E-state index contributed by atoms with van der Waals surface area (Å²) in [6.07, 6.45) is 0. The Hall–Kier alpha value is -1.13. The van der Waals surface area contributed by atoms with Gasteiger partial charge in [0.25, 0.3) is 0 Å². The van der Waals surface area contributed by atoms with Crippen molar-refractivity contribution in [3.05, 3.63) is 40.5 Å². The maximum absolute atomic E-state index is 5.61. The van der Waals surface area contributed by atoms with Gasteiger partial charge in [0.2, 0.25) is 0 Å². The number of nitrogens with zero attached hydrogens (tertiary/aromatic N) is 2. The van der Waals surface area contributed by atoms with Crippen LogP contribution in [0, 0.1) is 0 Å². The van der Waals surface area contributed by atoms with Crippen LogP contribution >= 0.6 is 15.9 Å². The molecule has 0 radical (unpaired) electrons. The summed E-state index contributed by atoms with van der Waals surface area (Å²) >= 11 is 3.54. The van der Waals surface area contributed by atoms with E-state index < -0.39 is 0 Å². The number of hydrogen-bond donors (Lipinski definition) is 1. The van der Waals surface area contributed by atoms with Crippen molar-refractivity contribution < 1.29 is 0 Å². The highest BCUT2D eigenvalue weighted by molar-refractivity contribution is 9.10. The molecular weight excluding hydrogens is 254 g/mol. The average Bonchev–Trinajstić information content (AvgIpc) is 2.55. The van der Waals surface area contributed by atoms with Gasteiger partial charge in [-0.3, -0.25) is 4.68 Å². The Morgan fingerprint density at radius 3 is 2.53 bits per heavy atom. The molecule has 0 fully saturated rings. The molecule has 15 heavy (non-hydrogen) atoms. The first-order chi connectivity index (χ1) is 7.24. The molecule has 0 aliphatic heterocycles. The number of benzene rings is 1. The molecule has 2 N–H and O–H groups in total. The van der Waals surface area contributed by atoms with Crippen LogP contribution in [0.2, 0.25) is 0 Å². The molecule has 1 aromatic carbocycles. The smallest absolute Gasteiger partial charge is 0.0908 e. The van der Waals surface area contributed by atoms with Crippen molar-refractivity contribution in [2.75, 3.05) is 0 Å². The largest absolute Gasteiger partial charge is 0.325 e. The third-order valence-corrected chi connectivity index (χ3v) is 3.13. The predicted molar refractivity (Wildman–Crippen MR) is 64.2 cm³/mol. The van der Waals surface area contributed by atoms with Crippen molar-refractivity contribution in [3.8, 4) is 11.3 Å². The summed E-state index contributed by atoms with van der Waals surface area (Å²) in [6, 6.07) is 10.1. The van der Waals surface area contributed by atoms with E-state index in [9.17, 15) is 0 Å². The second-order valence-corrected chi connectivity index (χ2v) is 4.10. The Morgan fingerprint density at radius 1 is 1.33 bits per heavy atom. The lowest BCUT2D eigenvalue weighted by molar-refractivity contribution is 0.749. The van der Waals surface area contributed by atoms with Crippen molar-refractivity contribution in [3.63, 3.8) is 0 Å². The van der Waals surface area contributed by atoms with Crippen molar-refractivity contribution in [2.24, 2.45) is 12.8 Å². The molecule has 0 spiro atoms. The van der Waals surface area contributed by atoms with Crippen LogP contribution in [0.4, 0.5) is 0 Å². The lowest BCUT2D eigenvalue weighted by Crippen LogP contribution is -1.99. The van der Waals surface area contributed by atoms with Crippen molar-refractivity contribution in [1.82, 2.24) is 9.78 Å². The number of hydrogen-bond acceptors (Lipinski definition) is 2. The third kappa shape index (κ3) is 1.82. The zero-order valence-corrected chi connectivity index (χ0v) is 10.0. The molecule has 3 nitrogen and oxygen atoms in total. The second-order valence-electron chi connectivity index (χ2n) is 3.30. The van der Waals surface area contributed by atoms with Crippen LogP contribution in [-0.2, 0) is 13.6 Å². The zero-order chi connectivity index (χ0) is 10.8. The molecule has 78 valence electrons. The zero-order valence-electron chi connectivity index (χ0n) is 8.44. The molecule has 0 saturated heterocycles. The Bertz CT molecular complexity index is 462. The van der Waals surface area contributed by atoms with Gasteiger partial charge in [0.15, 0.2) is 0 Å². The van der Waals surface area contributed by atoms with Crippen molar-refractivity contribution >= 4 is 15.9 Å². The van der Waals surface area contributed by atoms with E-state index in [0.717, 1.165) is 21.4 Å². The summed E-state index contributed by atoms with van der Waals surface area (Å²) in [4.78, 5) is 0. The van der Waals surface area contributed by atoms with Gasteiger partial charge in [0.1, 0.15) is 0 Å². The van der Waals surface area contributed by atoms with Gasteiger partial charge in [0, 0.05) is 19.2 Å². The van der Waals surface area contributed by atoms with E-state index in [0.29, 0.717) is 6.54 Å². The van der Waals surface area contributed by atoms with Crippen LogP contribution in [0.5, 0.6) is 0 Å². The fourth-order valence-corrected chi connectivity index (χ4v) is 2.32. The Labute approximate surface area is 97.0 Å². The Morgan fingerprint density at radius 2 is 2.00 bits per heavy atom. The Balaban J connectivity index is 2.58. The van der Waals surface area contributed by atoms with E-state index in [1.807, 2.05) is 29.9 Å². The SMILES string of the molecule is Cn1nc(CN)c(Br)c1-c1ccccc1. The number of halogens is 1. The molecule has 0 aliphatic carbocycles. The fourth-order valence-electron chi connectivity index (χ4n) is 1.59. The Kier molecular flexibility index (Phi) is 2.88. The minimum Gasteiger partial charge on any atom is -0.325 e. The monoisotopic (exact) mass is 265 g/mol. The van der Waals surface area contributed by atoms with Gasteiger partial charge in [-0.25, -0.2) is 0 Å². The van der Waals surface area contributed by atoms with Crippen LogP contribution < -0.4 is 5.73 Å². The number of aryl methyl sites for hydroxylation is 1. The van der Waals surface area contributed by atoms with Gasteiger partial charge < -0.3 is 5.73 Å². The fraction of sp³-hybridized carbons (Fsp3) is 0.182. The minimum absolute atomic E-state index is 0.446. The number of aromatic nitrogens is 2. The van der Waals surface area contributed by atoms with Gasteiger partial charge in [-0.2, -0.15) is 5.10 Å². The second kappa shape index (κ2) is 4.16. The first kappa shape index (κ1) is 10.4. The first-order valence-corrected chi connectivity index (χ1v) is 5.50. The van der Waals surface area contributed by atoms with Gasteiger partial charge >= 0.3 is 0 Å². The molecule has 0 bridgehead atoms. The minimum atomic E-state index is 0.446. The molecular formula is C11H12BrN3. The summed E-state index contributed by atoms with van der Waals surface area (Å²) in [6.45, 7) is 0.446. The molecule has 1 heterocycles. The van der Waals surface area contributed by atoms with Crippen LogP contribution in [0.25, 0.3) is 11.3 Å². The van der Waals surface area contributed by atoms with Gasteiger partial charge in [0.05, 0.1) is 15.9 Å². The highest BCUT2D eigenvalue weighted by Gasteiger charge is 2.13.